The van der Waals surface area contributed by atoms with Crippen molar-refractivity contribution in [2.24, 2.45) is 0 Å². The number of nitrogens with zero attached hydrogens (tertiary/aromatic N) is 2. The molecule has 12 heteroatoms. The smallest absolute Gasteiger partial charge is 0.417 e. The van der Waals surface area contributed by atoms with Crippen molar-refractivity contribution in [3.8, 4) is 5.88 Å². The molecule has 0 spiro atoms. The van der Waals surface area contributed by atoms with E-state index in [9.17, 15) is 23.1 Å². The summed E-state index contributed by atoms with van der Waals surface area (Å²) in [5, 5.41) is 30.2. The molecular formula is C18H18F3N5O4. The van der Waals surface area contributed by atoms with Crippen molar-refractivity contribution in [2.45, 2.75) is 18.3 Å². The van der Waals surface area contributed by atoms with Gasteiger partial charge in [0.05, 0.1) is 23.6 Å². The van der Waals surface area contributed by atoms with E-state index in [1.165, 1.54) is 12.3 Å². The van der Waals surface area contributed by atoms with Gasteiger partial charge in [-0.3, -0.25) is 10.4 Å². The molecule has 0 bridgehead atoms. The number of pyridine rings is 1. The van der Waals surface area contributed by atoms with Crippen LogP contribution in [0.2, 0.25) is 0 Å². The minimum absolute atomic E-state index is 0.135. The van der Waals surface area contributed by atoms with Crippen LogP contribution in [0.25, 0.3) is 10.9 Å². The van der Waals surface area contributed by atoms with Gasteiger partial charge in [-0.2, -0.15) is 13.2 Å². The largest absolute Gasteiger partial charge is 0.473 e. The number of amides is 2. The molecule has 0 aliphatic rings. The zero-order valence-corrected chi connectivity index (χ0v) is 15.3. The molecule has 2 heterocycles. The molecule has 2 atom stereocenters. The third-order valence-corrected chi connectivity index (χ3v) is 4.10. The summed E-state index contributed by atoms with van der Waals surface area (Å²) < 4.78 is 42.0. The number of alkyl halides is 3. The van der Waals surface area contributed by atoms with Crippen LogP contribution >= 0.6 is 0 Å². The maximum atomic E-state index is 12.4. The van der Waals surface area contributed by atoms with E-state index in [1.54, 1.807) is 24.3 Å². The number of benzene rings is 1. The fraction of sp³-hybridized carbons (Fsp3) is 0.278. The molecule has 1 aromatic carbocycles. The number of aliphatic hydroxyl groups is 2. The second-order valence-electron chi connectivity index (χ2n) is 6.26. The Hall–Kier alpha value is -3.38. The molecule has 0 fully saturated rings. The van der Waals surface area contributed by atoms with Crippen LogP contribution in [-0.2, 0) is 0 Å². The molecule has 0 radical (unpaired) electrons. The summed E-state index contributed by atoms with van der Waals surface area (Å²) in [6, 6.07) is 9.04. The van der Waals surface area contributed by atoms with Crippen LogP contribution in [0.4, 0.5) is 23.8 Å². The fourth-order valence-corrected chi connectivity index (χ4v) is 2.55. The zero-order chi connectivity index (χ0) is 21.7. The lowest BCUT2D eigenvalue weighted by atomic mass is 10.1. The number of hydrogen-bond donors (Lipinski definition) is 5. The maximum absolute atomic E-state index is 12.4. The number of ether oxygens (including phenoxy) is 1. The Bertz CT molecular complexity index is 996. The molecule has 3 rings (SSSR count). The Kier molecular flexibility index (Phi) is 6.37. The number of carbonyl (C=O) groups excluding carboxylic acids is 1. The van der Waals surface area contributed by atoms with Crippen LogP contribution in [0.1, 0.15) is 11.6 Å². The van der Waals surface area contributed by atoms with Gasteiger partial charge in [0.25, 0.3) is 0 Å². The molecule has 0 unspecified atom stereocenters. The molecule has 0 aliphatic heterocycles. The molecule has 2 amide bonds. The van der Waals surface area contributed by atoms with Gasteiger partial charge < -0.3 is 20.3 Å². The molecule has 0 saturated carbocycles. The number of H-pyrrole nitrogens is 1. The van der Waals surface area contributed by atoms with Crippen LogP contribution in [0.3, 0.4) is 0 Å². The predicted octanol–water partition coefficient (Wildman–Crippen LogP) is 2.11. The highest BCUT2D eigenvalue weighted by Gasteiger charge is 2.39. The number of rotatable bonds is 7. The molecular weight excluding hydrogens is 407 g/mol. The van der Waals surface area contributed by atoms with Gasteiger partial charge in [-0.15, -0.1) is 5.10 Å². The summed E-state index contributed by atoms with van der Waals surface area (Å²) in [7, 11) is 0. The number of urea groups is 1. The predicted molar refractivity (Wildman–Crippen MR) is 99.9 cm³/mol. The summed E-state index contributed by atoms with van der Waals surface area (Å²) >= 11 is 0. The van der Waals surface area contributed by atoms with E-state index < -0.39 is 31.0 Å². The summed E-state index contributed by atoms with van der Waals surface area (Å²) in [6.45, 7) is -1.33. The number of carbonyl (C=O) groups is 1. The Morgan fingerprint density at radius 1 is 1.27 bits per heavy atom. The van der Waals surface area contributed by atoms with Crippen LogP contribution in [-0.4, -0.2) is 56.9 Å². The normalized spacial score (nSPS) is 13.6. The minimum atomic E-state index is -4.80. The highest BCUT2D eigenvalue weighted by Crippen LogP contribution is 2.25. The van der Waals surface area contributed by atoms with Gasteiger partial charge >= 0.3 is 12.2 Å². The van der Waals surface area contributed by atoms with Crippen molar-refractivity contribution in [3.05, 3.63) is 48.2 Å². The highest BCUT2D eigenvalue weighted by molar-refractivity contribution is 5.92. The number of hydrogen-bond acceptors (Lipinski definition) is 6. The van der Waals surface area contributed by atoms with E-state index in [0.29, 0.717) is 5.52 Å². The first-order valence-electron chi connectivity index (χ1n) is 8.73. The van der Waals surface area contributed by atoms with E-state index in [1.807, 2.05) is 6.07 Å². The van der Waals surface area contributed by atoms with Gasteiger partial charge in [0.15, 0.2) is 6.10 Å². The SMILES string of the molecule is O=C(Nc1cc2[nH]nc(OC[C@H](O)C(F)(F)F)c2cn1)N[C@H](CO)c1ccccc1. The van der Waals surface area contributed by atoms with E-state index in [0.717, 1.165) is 5.56 Å². The van der Waals surface area contributed by atoms with E-state index >= 15 is 0 Å². The first-order valence-corrected chi connectivity index (χ1v) is 8.73. The summed E-state index contributed by atoms with van der Waals surface area (Å²) in [6.07, 6.45) is -6.20. The lowest BCUT2D eigenvalue weighted by Crippen LogP contribution is -2.34. The van der Waals surface area contributed by atoms with Crippen LogP contribution in [0, 0.1) is 0 Å². The van der Waals surface area contributed by atoms with Crippen molar-refractivity contribution >= 4 is 22.8 Å². The molecule has 0 saturated heterocycles. The molecule has 160 valence electrons. The quantitative estimate of drug-likeness (QED) is 0.394. The summed E-state index contributed by atoms with van der Waals surface area (Å²) in [4.78, 5) is 16.2. The van der Waals surface area contributed by atoms with Gasteiger partial charge in [0, 0.05) is 12.3 Å². The molecule has 30 heavy (non-hydrogen) atoms. The van der Waals surface area contributed by atoms with Crippen molar-refractivity contribution in [3.63, 3.8) is 0 Å². The van der Waals surface area contributed by atoms with E-state index in [4.69, 9.17) is 9.84 Å². The first kappa shape index (κ1) is 21.3. The van der Waals surface area contributed by atoms with Crippen molar-refractivity contribution in [1.82, 2.24) is 20.5 Å². The zero-order valence-electron chi connectivity index (χ0n) is 15.3. The number of aromatic amines is 1. The maximum Gasteiger partial charge on any atom is 0.417 e. The van der Waals surface area contributed by atoms with E-state index in [2.05, 4.69) is 25.8 Å². The van der Waals surface area contributed by atoms with Crippen molar-refractivity contribution < 1.29 is 32.9 Å². The second kappa shape index (κ2) is 8.97. The third kappa shape index (κ3) is 5.15. The van der Waals surface area contributed by atoms with Gasteiger partial charge in [-0.25, -0.2) is 9.78 Å². The topological polar surface area (TPSA) is 132 Å². The Morgan fingerprint density at radius 3 is 2.67 bits per heavy atom. The first-order chi connectivity index (χ1) is 14.3. The van der Waals surface area contributed by atoms with Crippen molar-refractivity contribution in [2.75, 3.05) is 18.5 Å². The molecule has 5 N–H and O–H groups in total. The number of halogens is 3. The summed E-state index contributed by atoms with van der Waals surface area (Å²) in [5.41, 5.74) is 1.06. The molecule has 0 aliphatic carbocycles. The Balaban J connectivity index is 1.64. The van der Waals surface area contributed by atoms with Gasteiger partial charge in [0.1, 0.15) is 12.4 Å². The number of nitrogens with one attached hydrogen (secondary N) is 3. The minimum Gasteiger partial charge on any atom is -0.473 e. The molecule has 2 aromatic heterocycles. The average molecular weight is 425 g/mol. The molecule has 3 aromatic rings. The van der Waals surface area contributed by atoms with Crippen LogP contribution in [0.5, 0.6) is 5.88 Å². The number of aliphatic hydroxyl groups excluding tert-OH is 2. The van der Waals surface area contributed by atoms with Gasteiger partial charge in [0.2, 0.25) is 5.88 Å². The molecule has 9 nitrogen and oxygen atoms in total. The van der Waals surface area contributed by atoms with E-state index in [-0.39, 0.29) is 23.7 Å². The number of aromatic nitrogens is 3. The average Bonchev–Trinajstić information content (AvgIpc) is 3.12. The summed E-state index contributed by atoms with van der Waals surface area (Å²) in [5.74, 6) is -0.0310. The highest BCUT2D eigenvalue weighted by atomic mass is 19.4. The lowest BCUT2D eigenvalue weighted by molar-refractivity contribution is -0.210. The third-order valence-electron chi connectivity index (χ3n) is 4.10. The number of anilines is 1. The van der Waals surface area contributed by atoms with Crippen LogP contribution < -0.4 is 15.4 Å². The standard InChI is InChI=1S/C18H18F3N5O4/c19-18(20,21)14(28)9-30-16-11-7-22-15(6-12(11)25-26-16)24-17(29)23-13(8-27)10-4-2-1-3-5-10/h1-7,13-14,27-28H,8-9H2,(H,25,26)(H2,22,23,24,29)/t13-,14+/m1/s1. The lowest BCUT2D eigenvalue weighted by Gasteiger charge is -2.17. The van der Waals surface area contributed by atoms with Crippen LogP contribution in [0.15, 0.2) is 42.6 Å². The Labute approximate surface area is 167 Å². The van der Waals surface area contributed by atoms with Gasteiger partial charge in [-0.1, -0.05) is 30.3 Å². The second-order valence-corrected chi connectivity index (χ2v) is 6.26. The van der Waals surface area contributed by atoms with Crippen molar-refractivity contribution in [1.29, 1.82) is 0 Å². The number of fused-ring (bicyclic) bond motifs is 1. The monoisotopic (exact) mass is 425 g/mol. The van der Waals surface area contributed by atoms with Gasteiger partial charge in [-0.05, 0) is 5.56 Å². The Morgan fingerprint density at radius 2 is 2.00 bits per heavy atom. The fourth-order valence-electron chi connectivity index (χ4n) is 2.55.